The summed E-state index contributed by atoms with van der Waals surface area (Å²) < 4.78 is 2.94. The molecule has 11 rings (SSSR count). The first-order chi connectivity index (χ1) is 26.2. The fraction of sp³-hybridized carbons (Fsp3) is 0.0196. The Labute approximate surface area is 318 Å². The first kappa shape index (κ1) is 30.8. The van der Waals surface area contributed by atoms with E-state index in [1.807, 2.05) is 11.3 Å². The molecule has 2 heterocycles. The van der Waals surface area contributed by atoms with Crippen molar-refractivity contribution in [2.24, 2.45) is 0 Å². The summed E-state index contributed by atoms with van der Waals surface area (Å²) in [6.07, 6.45) is 0. The number of aryl methyl sites for hydroxylation is 1. The van der Waals surface area contributed by atoms with Crippen molar-refractivity contribution in [3.63, 3.8) is 0 Å². The number of hydrogen-bond donors (Lipinski definition) is 0. The molecule has 0 aliphatic rings. The molecule has 0 bridgehead atoms. The van der Waals surface area contributed by atoms with Crippen molar-refractivity contribution < 1.29 is 0 Å². The van der Waals surface area contributed by atoms with Crippen LogP contribution >= 0.6 is 11.3 Å². The summed E-state index contributed by atoms with van der Waals surface area (Å²) >= 11 is 2.05. The summed E-state index contributed by atoms with van der Waals surface area (Å²) in [4.78, 5) is 2.67. The van der Waals surface area contributed by atoms with E-state index in [0.717, 1.165) is 0 Å². The Morgan fingerprint density at radius 2 is 0.849 bits per heavy atom. The normalized spacial score (nSPS) is 11.9. The van der Waals surface area contributed by atoms with Crippen LogP contribution in [0, 0.1) is 6.92 Å². The summed E-state index contributed by atoms with van der Waals surface area (Å²) in [7, 11) is 0. The van der Waals surface area contributed by atoms with E-state index in [-0.39, 0.29) is 14.5 Å². The SMILES string of the molecule is Cc1ccc(-c2c3ccccc3c(-c3ccc4[se]c5c(-c6c7ccccc7c(-c7ccccc7)c7ccccc67)cccc5c4c3)c3ccccc23)s1. The van der Waals surface area contributed by atoms with Crippen LogP contribution < -0.4 is 0 Å². The predicted octanol–water partition coefficient (Wildman–Crippen LogP) is 14.7. The van der Waals surface area contributed by atoms with E-state index in [0.29, 0.717) is 0 Å². The zero-order valence-electron chi connectivity index (χ0n) is 29.1. The van der Waals surface area contributed by atoms with Gasteiger partial charge in [0.1, 0.15) is 0 Å². The van der Waals surface area contributed by atoms with E-state index in [1.165, 1.54) is 111 Å². The molecule has 53 heavy (non-hydrogen) atoms. The molecule has 0 amide bonds. The molecule has 2 aromatic heterocycles. The fourth-order valence-corrected chi connectivity index (χ4v) is 12.2. The molecule has 0 spiro atoms. The van der Waals surface area contributed by atoms with Crippen LogP contribution in [-0.4, -0.2) is 14.5 Å². The molecule has 0 aliphatic carbocycles. The summed E-state index contributed by atoms with van der Waals surface area (Å²) in [5.41, 5.74) is 9.22. The van der Waals surface area contributed by atoms with Crippen molar-refractivity contribution >= 4 is 88.2 Å². The Morgan fingerprint density at radius 1 is 0.358 bits per heavy atom. The third-order valence-electron chi connectivity index (χ3n) is 11.0. The predicted molar refractivity (Wildman–Crippen MR) is 233 cm³/mol. The molecular formula is C51H32SSe. The zero-order valence-corrected chi connectivity index (χ0v) is 31.6. The van der Waals surface area contributed by atoms with Crippen molar-refractivity contribution in [3.05, 3.63) is 181 Å². The summed E-state index contributed by atoms with van der Waals surface area (Å²) in [6.45, 7) is 2.20. The Kier molecular flexibility index (Phi) is 7.07. The second-order valence-corrected chi connectivity index (χ2v) is 17.4. The van der Waals surface area contributed by atoms with Gasteiger partial charge in [0.15, 0.2) is 0 Å². The van der Waals surface area contributed by atoms with Gasteiger partial charge in [0.2, 0.25) is 0 Å². The van der Waals surface area contributed by atoms with Crippen molar-refractivity contribution in [1.29, 1.82) is 0 Å². The average Bonchev–Trinajstić information content (AvgIpc) is 3.82. The van der Waals surface area contributed by atoms with Crippen LogP contribution in [0.4, 0.5) is 0 Å². The molecule has 0 unspecified atom stereocenters. The van der Waals surface area contributed by atoms with E-state index >= 15 is 0 Å². The number of fused-ring (bicyclic) bond motifs is 7. The van der Waals surface area contributed by atoms with Crippen LogP contribution in [0.25, 0.3) is 106 Å². The van der Waals surface area contributed by atoms with Crippen LogP contribution in [0.2, 0.25) is 0 Å². The van der Waals surface area contributed by atoms with Gasteiger partial charge >= 0.3 is 320 Å². The molecule has 0 aliphatic heterocycles. The molecule has 2 heteroatoms. The maximum absolute atomic E-state index is 2.49. The third kappa shape index (κ3) is 4.74. The van der Waals surface area contributed by atoms with E-state index in [9.17, 15) is 0 Å². The molecule has 0 fully saturated rings. The van der Waals surface area contributed by atoms with Crippen molar-refractivity contribution in [3.8, 4) is 43.8 Å². The van der Waals surface area contributed by atoms with Gasteiger partial charge in [0, 0.05) is 0 Å². The van der Waals surface area contributed by atoms with Crippen LogP contribution in [0.1, 0.15) is 4.88 Å². The zero-order chi connectivity index (χ0) is 35.0. The van der Waals surface area contributed by atoms with Gasteiger partial charge in [-0.15, -0.1) is 0 Å². The molecular weight excluding hydrogens is 724 g/mol. The van der Waals surface area contributed by atoms with E-state index in [2.05, 4.69) is 183 Å². The molecule has 248 valence electrons. The number of benzene rings is 9. The van der Waals surface area contributed by atoms with Gasteiger partial charge in [-0.1, -0.05) is 0 Å². The molecule has 0 saturated carbocycles. The van der Waals surface area contributed by atoms with Crippen LogP contribution in [0.3, 0.4) is 0 Å². The van der Waals surface area contributed by atoms with Crippen LogP contribution in [0.15, 0.2) is 176 Å². The van der Waals surface area contributed by atoms with Gasteiger partial charge in [0.05, 0.1) is 0 Å². The average molecular weight is 756 g/mol. The molecule has 0 atom stereocenters. The Balaban J connectivity index is 1.18. The first-order valence-corrected chi connectivity index (χ1v) is 20.7. The quantitative estimate of drug-likeness (QED) is 0.124. The van der Waals surface area contributed by atoms with Gasteiger partial charge in [-0.2, -0.15) is 0 Å². The number of rotatable bonds is 4. The van der Waals surface area contributed by atoms with E-state index in [1.54, 1.807) is 0 Å². The van der Waals surface area contributed by atoms with E-state index < -0.39 is 0 Å². The fourth-order valence-electron chi connectivity index (χ4n) is 8.76. The monoisotopic (exact) mass is 756 g/mol. The summed E-state index contributed by atoms with van der Waals surface area (Å²) in [6, 6.07) is 65.8. The van der Waals surface area contributed by atoms with Crippen molar-refractivity contribution in [2.45, 2.75) is 6.92 Å². The Morgan fingerprint density at radius 3 is 1.40 bits per heavy atom. The molecule has 0 N–H and O–H groups in total. The number of thiophene rings is 1. The van der Waals surface area contributed by atoms with Gasteiger partial charge < -0.3 is 0 Å². The van der Waals surface area contributed by atoms with Gasteiger partial charge in [-0.05, 0) is 0 Å². The Hall–Kier alpha value is -5.76. The van der Waals surface area contributed by atoms with Crippen LogP contribution in [0.5, 0.6) is 0 Å². The van der Waals surface area contributed by atoms with Gasteiger partial charge in [-0.3, -0.25) is 0 Å². The second kappa shape index (κ2) is 12.2. The topological polar surface area (TPSA) is 0 Å². The molecule has 0 nitrogen and oxygen atoms in total. The second-order valence-electron chi connectivity index (χ2n) is 14.0. The van der Waals surface area contributed by atoms with Crippen molar-refractivity contribution in [2.75, 3.05) is 0 Å². The minimum atomic E-state index is 0.172. The minimum absolute atomic E-state index is 0.172. The van der Waals surface area contributed by atoms with Crippen molar-refractivity contribution in [1.82, 2.24) is 0 Å². The molecule has 0 saturated heterocycles. The summed E-state index contributed by atoms with van der Waals surface area (Å²) in [5, 5.41) is 13.2. The number of hydrogen-bond acceptors (Lipinski definition) is 1. The maximum atomic E-state index is 2.49. The van der Waals surface area contributed by atoms with Crippen LogP contribution in [-0.2, 0) is 0 Å². The molecule has 11 aromatic rings. The summed E-state index contributed by atoms with van der Waals surface area (Å²) in [5.74, 6) is 0. The Bertz CT molecular complexity index is 3120. The van der Waals surface area contributed by atoms with Gasteiger partial charge in [-0.25, -0.2) is 0 Å². The van der Waals surface area contributed by atoms with Gasteiger partial charge in [0.25, 0.3) is 0 Å². The molecule has 9 aromatic carbocycles. The first-order valence-electron chi connectivity index (χ1n) is 18.2. The standard InChI is InChI=1S/C51H32SSe/c1-31-26-28-45(52-31)50-40-22-11-7-18-36(40)48(37-19-8-12-23-41(37)50)33-27-29-46-44(30-33)42-24-13-25-43(51(42)53-46)49-38-20-9-5-16-34(38)47(32-14-3-2-4-15-32)35-17-6-10-21-39(35)49/h2-30H,1H3. The van der Waals surface area contributed by atoms with E-state index in [4.69, 9.17) is 0 Å². The third-order valence-corrected chi connectivity index (χ3v) is 14.5. The molecule has 0 radical (unpaired) electrons.